The zero-order valence-corrected chi connectivity index (χ0v) is 56.0. The first kappa shape index (κ1) is 79.0. The summed E-state index contributed by atoms with van der Waals surface area (Å²) in [6.07, 6.45) is 8.36. The molecule has 0 fully saturated rings. The highest BCUT2D eigenvalue weighted by Gasteiger charge is 2.43. The Kier molecular flexibility index (Phi) is 30.9. The second-order valence-electron chi connectivity index (χ2n) is 22.2. The van der Waals surface area contributed by atoms with Gasteiger partial charge in [0.05, 0.1) is 73.6 Å². The van der Waals surface area contributed by atoms with Crippen LogP contribution in [0.4, 0.5) is 0 Å². The minimum Gasteiger partial charge on any atom is -0.541 e. The molecule has 6 rings (SSSR count). The quantitative estimate of drug-likeness (QED) is 0.0144. The molecular weight excluding hydrogens is 1190 g/mol. The van der Waals surface area contributed by atoms with Crippen LogP contribution in [0.3, 0.4) is 0 Å². The maximum Gasteiger partial charge on any atom is 0.250 e. The summed E-state index contributed by atoms with van der Waals surface area (Å²) in [5, 5.41) is 65.2. The number of carbonyl (C=O) groups excluding carboxylic acids is 2. The van der Waals surface area contributed by atoms with Crippen molar-refractivity contribution in [2.24, 2.45) is 0 Å². The van der Waals surface area contributed by atoms with Crippen molar-refractivity contribution in [2.75, 3.05) is 62.5 Å². The average Bonchev–Trinajstić information content (AvgIpc) is 0.805. The molecule has 0 spiro atoms. The van der Waals surface area contributed by atoms with Gasteiger partial charge in [0.1, 0.15) is 0 Å². The zero-order chi connectivity index (χ0) is 66.5. The molecular formula is C68H96O20Si2. The van der Waals surface area contributed by atoms with E-state index in [-0.39, 0.29) is 59.1 Å². The summed E-state index contributed by atoms with van der Waals surface area (Å²) >= 11 is 0. The van der Waals surface area contributed by atoms with Crippen molar-refractivity contribution in [1.29, 1.82) is 0 Å². The molecule has 496 valence electrons. The van der Waals surface area contributed by atoms with Crippen LogP contribution in [0.5, 0.6) is 103 Å². The first-order valence-corrected chi connectivity index (χ1v) is 33.8. The Hall–Kier alpha value is -9.03. The maximum absolute atomic E-state index is 10.3. The van der Waals surface area contributed by atoms with Crippen molar-refractivity contribution in [3.05, 3.63) is 106 Å². The summed E-state index contributed by atoms with van der Waals surface area (Å²) in [6, 6.07) is 19.8. The van der Waals surface area contributed by atoms with E-state index in [0.29, 0.717) is 84.0 Å². The van der Waals surface area contributed by atoms with Gasteiger partial charge in [0.2, 0.25) is 28.7 Å². The summed E-state index contributed by atoms with van der Waals surface area (Å²) in [4.78, 5) is 20.5. The Balaban J connectivity index is 0.000000672. The molecule has 0 aliphatic carbocycles. The first-order chi connectivity index (χ1) is 41.3. The van der Waals surface area contributed by atoms with Crippen molar-refractivity contribution < 1.29 is 96.8 Å². The second-order valence-corrected chi connectivity index (χ2v) is 31.7. The van der Waals surface area contributed by atoms with Gasteiger partial charge < -0.3 is 87.2 Å². The van der Waals surface area contributed by atoms with Crippen LogP contribution in [-0.2, 0) is 0 Å². The summed E-state index contributed by atoms with van der Waals surface area (Å²) in [5.41, 5.74) is 3.05. The Bertz CT molecular complexity index is 3310. The van der Waals surface area contributed by atoms with Crippen molar-refractivity contribution in [3.8, 4) is 103 Å². The van der Waals surface area contributed by atoms with Crippen LogP contribution in [0.25, 0.3) is 24.3 Å². The molecule has 0 heterocycles. The van der Waals surface area contributed by atoms with E-state index in [0.717, 1.165) is 28.5 Å². The van der Waals surface area contributed by atoms with E-state index in [1.165, 1.54) is 25.3 Å². The van der Waals surface area contributed by atoms with Crippen LogP contribution < -0.4 is 51.5 Å². The standard InChI is InChI=1S/C31H50O6Si2.C19H22O6.C9H10O4.C7H6O4.2CH4/c1-15-35-24-19-18-23(17-16-22-20-25(32-8)28(34-10)26(21-22)33-9)27(36-38(11,12)30(2,3)4)29(24)37-39(13,14)31(5,6)7;1-5-25-14-9-8-13(17(20)18(14)21)7-6-12-10-15(22-2)19(24-4)16(11-12)23-3;1-2-13-7-4-3-6(5-10)8(11)9(7)12;8-3-4-1-2-5(9)7(11)6(4)10;;/h16-21H,15H2,1-14H3;6-11,20-21H,5H2,1-4H3;3-5,11-12H,2H2,1H3;1-3,9-11H;2*1H4/b17-16-;7-6-;;;;. The minimum absolute atomic E-state index is 0. The van der Waals surface area contributed by atoms with Gasteiger partial charge in [-0.25, -0.2) is 0 Å². The van der Waals surface area contributed by atoms with Gasteiger partial charge in [0, 0.05) is 11.1 Å². The molecule has 0 saturated heterocycles. The number of ether oxygens (including phenoxy) is 9. The van der Waals surface area contributed by atoms with Crippen LogP contribution in [0.2, 0.25) is 36.3 Å². The number of methoxy groups -OCH3 is 6. The molecule has 22 heteroatoms. The van der Waals surface area contributed by atoms with E-state index in [4.69, 9.17) is 66.8 Å². The van der Waals surface area contributed by atoms with Gasteiger partial charge in [-0.05, 0) is 141 Å². The largest absolute Gasteiger partial charge is 0.541 e. The Labute approximate surface area is 533 Å². The van der Waals surface area contributed by atoms with Crippen molar-refractivity contribution in [1.82, 2.24) is 0 Å². The molecule has 0 saturated carbocycles. The van der Waals surface area contributed by atoms with Crippen LogP contribution in [0.1, 0.15) is 120 Å². The van der Waals surface area contributed by atoms with Gasteiger partial charge in [0.15, 0.2) is 87.3 Å². The molecule has 0 aromatic heterocycles. The van der Waals surface area contributed by atoms with Gasteiger partial charge in [-0.1, -0.05) is 80.7 Å². The monoisotopic (exact) mass is 1290 g/mol. The maximum atomic E-state index is 10.3. The van der Waals surface area contributed by atoms with Crippen molar-refractivity contribution in [3.63, 3.8) is 0 Å². The molecule has 6 aromatic rings. The molecule has 0 unspecified atom stereocenters. The minimum atomic E-state index is -2.24. The molecule has 0 radical (unpaired) electrons. The number of hydrogen-bond donors (Lipinski definition) is 7. The Morgan fingerprint density at radius 2 is 0.678 bits per heavy atom. The molecule has 0 bridgehead atoms. The SMILES string of the molecule is C.C.CCOc1ccc(/C=C\c2cc(OC)c(OC)c(OC)c2)c(O)c1O.CCOc1ccc(/C=C\c2cc(OC)c(OC)c(OC)c2)c(O[Si](C)(C)C(C)(C)C)c1O[Si](C)(C)C(C)(C)C.CCOc1ccc(C=O)c(O)c1O.O=Cc1ccc(O)c(O)c1O. The molecule has 90 heavy (non-hydrogen) atoms. The third kappa shape index (κ3) is 20.3. The number of rotatable bonds is 22. The molecule has 0 aliphatic rings. The third-order valence-electron chi connectivity index (χ3n) is 14.3. The van der Waals surface area contributed by atoms with Gasteiger partial charge in [0.25, 0.3) is 16.6 Å². The van der Waals surface area contributed by atoms with Crippen LogP contribution in [0.15, 0.2) is 72.8 Å². The van der Waals surface area contributed by atoms with Gasteiger partial charge >= 0.3 is 0 Å². The normalized spacial score (nSPS) is 11.1. The van der Waals surface area contributed by atoms with E-state index < -0.39 is 45.4 Å². The average molecular weight is 1290 g/mol. The lowest BCUT2D eigenvalue weighted by molar-refractivity contribution is 0.111. The number of phenolic OH excluding ortho intramolecular Hbond substituents is 7. The third-order valence-corrected chi connectivity index (χ3v) is 23.0. The van der Waals surface area contributed by atoms with Gasteiger partial charge in [-0.15, -0.1) is 0 Å². The molecule has 6 aromatic carbocycles. The summed E-state index contributed by atoms with van der Waals surface area (Å²) in [6.45, 7) is 29.3. The van der Waals surface area contributed by atoms with Gasteiger partial charge in [-0.2, -0.15) is 0 Å². The summed E-state index contributed by atoms with van der Waals surface area (Å²) in [7, 11) is 5.01. The fourth-order valence-corrected chi connectivity index (χ4v) is 9.39. The lowest BCUT2D eigenvalue weighted by Gasteiger charge is -2.40. The lowest BCUT2D eigenvalue weighted by atomic mass is 10.1. The lowest BCUT2D eigenvalue weighted by Crippen LogP contribution is -2.46. The highest BCUT2D eigenvalue weighted by molar-refractivity contribution is 6.75. The number of carbonyl (C=O) groups is 2. The predicted molar refractivity (Wildman–Crippen MR) is 361 cm³/mol. The van der Waals surface area contributed by atoms with Crippen LogP contribution in [-0.4, -0.2) is 127 Å². The topological polar surface area (TPSA) is 277 Å². The van der Waals surface area contributed by atoms with Crippen molar-refractivity contribution in [2.45, 2.75) is 113 Å². The van der Waals surface area contributed by atoms with Gasteiger partial charge in [-0.3, -0.25) is 9.59 Å². The number of benzene rings is 6. The smallest absolute Gasteiger partial charge is 0.250 e. The summed E-state index contributed by atoms with van der Waals surface area (Å²) in [5.74, 6) is 2.79. The predicted octanol–water partition coefficient (Wildman–Crippen LogP) is 15.9. The number of phenols is 7. The number of aromatic hydroxyl groups is 7. The van der Waals surface area contributed by atoms with Crippen molar-refractivity contribution >= 4 is 53.5 Å². The van der Waals surface area contributed by atoms with Crippen LogP contribution in [0, 0.1) is 0 Å². The molecule has 0 amide bonds. The second kappa shape index (κ2) is 35.2. The fraction of sp³-hybridized carbons (Fsp3) is 0.382. The Morgan fingerprint density at radius 3 is 1.03 bits per heavy atom. The van der Waals surface area contributed by atoms with E-state index >= 15 is 0 Å². The Morgan fingerprint density at radius 1 is 0.367 bits per heavy atom. The molecule has 0 atom stereocenters. The number of aldehydes is 2. The molecule has 20 nitrogen and oxygen atoms in total. The zero-order valence-electron chi connectivity index (χ0n) is 54.0. The van der Waals surface area contributed by atoms with Crippen LogP contribution >= 0.6 is 0 Å². The van der Waals surface area contributed by atoms with E-state index in [2.05, 4.69) is 73.8 Å². The molecule has 7 N–H and O–H groups in total. The highest BCUT2D eigenvalue weighted by Crippen LogP contribution is 2.50. The summed E-state index contributed by atoms with van der Waals surface area (Å²) < 4.78 is 62.8. The fourth-order valence-electron chi connectivity index (χ4n) is 7.35. The number of hydrogen-bond acceptors (Lipinski definition) is 20. The molecule has 0 aliphatic heterocycles. The van der Waals surface area contributed by atoms with E-state index in [1.807, 2.05) is 37.3 Å². The van der Waals surface area contributed by atoms with E-state index in [1.54, 1.807) is 85.8 Å². The first-order valence-electron chi connectivity index (χ1n) is 28.0. The highest BCUT2D eigenvalue weighted by atomic mass is 28.4. The van der Waals surface area contributed by atoms with E-state index in [9.17, 15) is 30.0 Å².